The van der Waals surface area contributed by atoms with Crippen molar-refractivity contribution in [1.82, 2.24) is 4.90 Å². The number of fused-ring (bicyclic) bond motifs is 1. The third kappa shape index (κ3) is 3.80. The third-order valence-electron chi connectivity index (χ3n) is 4.72. The summed E-state index contributed by atoms with van der Waals surface area (Å²) in [7, 11) is -3.88. The molecule has 0 aliphatic carbocycles. The number of hydrogen-bond donors (Lipinski definition) is 0. The van der Waals surface area contributed by atoms with Gasteiger partial charge in [-0.15, -0.1) is 0 Å². The minimum absolute atomic E-state index is 0.0527. The van der Waals surface area contributed by atoms with Crippen LogP contribution in [0.25, 0.3) is 0 Å². The zero-order valence-electron chi connectivity index (χ0n) is 16.0. The maximum atomic E-state index is 13.3. The van der Waals surface area contributed by atoms with Crippen molar-refractivity contribution in [1.29, 1.82) is 0 Å². The molecule has 0 bridgehead atoms. The lowest BCUT2D eigenvalue weighted by Crippen LogP contribution is -2.33. The Morgan fingerprint density at radius 3 is 2.64 bits per heavy atom. The van der Waals surface area contributed by atoms with Crippen molar-refractivity contribution in [2.24, 2.45) is 0 Å². The lowest BCUT2D eigenvalue weighted by Gasteiger charge is -2.23. The van der Waals surface area contributed by atoms with E-state index in [9.17, 15) is 13.2 Å². The first kappa shape index (κ1) is 20.4. The van der Waals surface area contributed by atoms with E-state index < -0.39 is 10.0 Å². The van der Waals surface area contributed by atoms with E-state index in [2.05, 4.69) is 6.58 Å². The normalized spacial score (nSPS) is 13.3. The average molecular weight is 419 g/mol. The van der Waals surface area contributed by atoms with Crippen LogP contribution in [-0.4, -0.2) is 38.9 Å². The quantitative estimate of drug-likeness (QED) is 0.663. The Balaban J connectivity index is 2.00. The maximum absolute atomic E-state index is 13.3. The van der Waals surface area contributed by atoms with Crippen molar-refractivity contribution in [3.05, 3.63) is 70.8 Å². The lowest BCUT2D eigenvalue weighted by atomic mass is 10.2. The van der Waals surface area contributed by atoms with E-state index in [1.54, 1.807) is 17.0 Å². The molecule has 0 fully saturated rings. The molecule has 1 heterocycles. The number of amides is 1. The van der Waals surface area contributed by atoms with Gasteiger partial charge in [0.15, 0.2) is 0 Å². The van der Waals surface area contributed by atoms with Crippen molar-refractivity contribution in [2.75, 3.05) is 23.9 Å². The molecule has 0 spiro atoms. The van der Waals surface area contributed by atoms with E-state index in [0.717, 1.165) is 11.1 Å². The second kappa shape index (κ2) is 7.97. The summed E-state index contributed by atoms with van der Waals surface area (Å²) in [6, 6.07) is 11.8. The molecule has 0 saturated heterocycles. The highest BCUT2D eigenvalue weighted by Crippen LogP contribution is 2.35. The molecule has 28 heavy (non-hydrogen) atoms. The molecular weight excluding hydrogens is 396 g/mol. The monoisotopic (exact) mass is 418 g/mol. The van der Waals surface area contributed by atoms with Gasteiger partial charge in [-0.05, 0) is 50.1 Å². The molecule has 1 aliphatic heterocycles. The minimum Gasteiger partial charge on any atom is -0.335 e. The number of carbonyl (C=O) groups excluding carboxylic acids is 1. The summed E-state index contributed by atoms with van der Waals surface area (Å²) >= 11 is 6.24. The molecule has 0 atom stereocenters. The Morgan fingerprint density at radius 2 is 1.96 bits per heavy atom. The van der Waals surface area contributed by atoms with Gasteiger partial charge < -0.3 is 4.90 Å². The minimum atomic E-state index is -3.88. The number of rotatable bonds is 6. The molecule has 0 aromatic heterocycles. The number of nitrogens with zero attached hydrogens (tertiary/aromatic N) is 2. The van der Waals surface area contributed by atoms with E-state index in [0.29, 0.717) is 37.3 Å². The van der Waals surface area contributed by atoms with Crippen LogP contribution in [0.3, 0.4) is 0 Å². The molecule has 0 saturated carbocycles. The van der Waals surface area contributed by atoms with Gasteiger partial charge in [-0.25, -0.2) is 8.42 Å². The number of anilines is 1. The number of halogens is 1. The van der Waals surface area contributed by atoms with Gasteiger partial charge in [-0.2, -0.15) is 0 Å². The third-order valence-corrected chi connectivity index (χ3v) is 7.02. The summed E-state index contributed by atoms with van der Waals surface area (Å²) in [6.45, 7) is 8.83. The number of likely N-dealkylation sites (N-methyl/N-ethyl adjacent to an activating group) is 1. The zero-order valence-corrected chi connectivity index (χ0v) is 17.6. The number of hydrogen-bond acceptors (Lipinski definition) is 3. The molecule has 5 nitrogen and oxygen atoms in total. The predicted octanol–water partition coefficient (Wildman–Crippen LogP) is 4.13. The molecule has 3 rings (SSSR count). The summed E-state index contributed by atoms with van der Waals surface area (Å²) in [5.74, 6) is -0.250. The van der Waals surface area contributed by atoms with Crippen LogP contribution in [0.5, 0.6) is 0 Å². The standard InChI is InChI=1S/C21H23ClN2O3S/c1-4-23(14-15(2)3)21(25)17-9-10-18(22)20(13-17)28(26,27)24-12-11-16-7-5-6-8-19(16)24/h5-10,13H,2,4,11-12,14H2,1,3H3. The van der Waals surface area contributed by atoms with Gasteiger partial charge in [0, 0.05) is 25.2 Å². The topological polar surface area (TPSA) is 57.7 Å². The average Bonchev–Trinajstić information content (AvgIpc) is 3.10. The smallest absolute Gasteiger partial charge is 0.265 e. The van der Waals surface area contributed by atoms with Gasteiger partial charge in [0.2, 0.25) is 0 Å². The molecule has 0 unspecified atom stereocenters. The number of benzene rings is 2. The van der Waals surface area contributed by atoms with Gasteiger partial charge in [0.1, 0.15) is 4.90 Å². The van der Waals surface area contributed by atoms with Crippen molar-refractivity contribution in [3.63, 3.8) is 0 Å². The van der Waals surface area contributed by atoms with Crippen LogP contribution < -0.4 is 4.31 Å². The first-order chi connectivity index (χ1) is 13.3. The van der Waals surface area contributed by atoms with Crippen LogP contribution in [0.15, 0.2) is 59.5 Å². The first-order valence-corrected chi connectivity index (χ1v) is 10.9. The Morgan fingerprint density at radius 1 is 1.25 bits per heavy atom. The Labute approximate surface area is 171 Å². The molecular formula is C21H23ClN2O3S. The first-order valence-electron chi connectivity index (χ1n) is 9.09. The predicted molar refractivity (Wildman–Crippen MR) is 113 cm³/mol. The number of carbonyl (C=O) groups is 1. The van der Waals surface area contributed by atoms with E-state index in [-0.39, 0.29) is 15.8 Å². The van der Waals surface area contributed by atoms with Gasteiger partial charge in [-0.1, -0.05) is 42.0 Å². The highest BCUT2D eigenvalue weighted by atomic mass is 35.5. The summed E-state index contributed by atoms with van der Waals surface area (Å²) in [4.78, 5) is 14.4. The van der Waals surface area contributed by atoms with Crippen molar-refractivity contribution in [3.8, 4) is 0 Å². The Hall–Kier alpha value is -2.31. The molecule has 1 aliphatic rings. The number of para-hydroxylation sites is 1. The summed E-state index contributed by atoms with van der Waals surface area (Å²) < 4.78 is 28.0. The SMILES string of the molecule is C=C(C)CN(CC)C(=O)c1ccc(Cl)c(S(=O)(=O)N2CCc3ccccc32)c1. The highest BCUT2D eigenvalue weighted by molar-refractivity contribution is 7.93. The van der Waals surface area contributed by atoms with Crippen LogP contribution in [-0.2, 0) is 16.4 Å². The van der Waals surface area contributed by atoms with Gasteiger partial charge >= 0.3 is 0 Å². The van der Waals surface area contributed by atoms with E-state index in [1.165, 1.54) is 16.4 Å². The van der Waals surface area contributed by atoms with Gasteiger partial charge in [0.25, 0.3) is 15.9 Å². The molecule has 2 aromatic carbocycles. The fourth-order valence-corrected chi connectivity index (χ4v) is 5.35. The zero-order chi connectivity index (χ0) is 20.5. The maximum Gasteiger partial charge on any atom is 0.265 e. The van der Waals surface area contributed by atoms with E-state index >= 15 is 0 Å². The van der Waals surface area contributed by atoms with Crippen molar-refractivity contribution < 1.29 is 13.2 Å². The van der Waals surface area contributed by atoms with Crippen LogP contribution in [0, 0.1) is 0 Å². The second-order valence-electron chi connectivity index (χ2n) is 6.88. The van der Waals surface area contributed by atoms with E-state index in [4.69, 9.17) is 11.6 Å². The molecule has 2 aromatic rings. The van der Waals surface area contributed by atoms with Crippen LogP contribution in [0.1, 0.15) is 29.8 Å². The molecule has 1 amide bonds. The van der Waals surface area contributed by atoms with Gasteiger partial charge in [-0.3, -0.25) is 9.10 Å². The molecule has 0 radical (unpaired) electrons. The van der Waals surface area contributed by atoms with Crippen LogP contribution in [0.4, 0.5) is 5.69 Å². The van der Waals surface area contributed by atoms with Gasteiger partial charge in [0.05, 0.1) is 10.7 Å². The fraction of sp³-hybridized carbons (Fsp3) is 0.286. The molecule has 0 N–H and O–H groups in total. The fourth-order valence-electron chi connectivity index (χ4n) is 3.35. The highest BCUT2D eigenvalue weighted by Gasteiger charge is 2.32. The summed E-state index contributed by atoms with van der Waals surface area (Å²) in [5.41, 5.74) is 2.78. The van der Waals surface area contributed by atoms with Crippen LogP contribution >= 0.6 is 11.6 Å². The molecule has 7 heteroatoms. The van der Waals surface area contributed by atoms with Crippen molar-refractivity contribution in [2.45, 2.75) is 25.2 Å². The summed E-state index contributed by atoms with van der Waals surface area (Å²) in [5, 5.41) is 0.101. The lowest BCUT2D eigenvalue weighted by molar-refractivity contribution is 0.0778. The van der Waals surface area contributed by atoms with Crippen molar-refractivity contribution >= 4 is 33.2 Å². The Kier molecular flexibility index (Phi) is 5.82. The summed E-state index contributed by atoms with van der Waals surface area (Å²) in [6.07, 6.45) is 0.647. The van der Waals surface area contributed by atoms with E-state index in [1.807, 2.05) is 32.0 Å². The largest absolute Gasteiger partial charge is 0.335 e. The number of sulfonamides is 1. The van der Waals surface area contributed by atoms with Crippen LogP contribution in [0.2, 0.25) is 5.02 Å². The Bertz CT molecular complexity index is 1030. The molecule has 148 valence electrons. The second-order valence-corrected chi connectivity index (χ2v) is 9.12.